The van der Waals surface area contributed by atoms with Crippen LogP contribution in [0.15, 0.2) is 36.1 Å². The van der Waals surface area contributed by atoms with E-state index >= 15 is 0 Å². The fraction of sp³-hybridized carbons (Fsp3) is 0.556. The van der Waals surface area contributed by atoms with Gasteiger partial charge in [-0.15, -0.1) is 11.3 Å². The number of hydrogen-bond acceptors (Lipinski definition) is 6. The Kier molecular flexibility index (Phi) is 4.89. The monoisotopic (exact) mass is 344 g/mol. The van der Waals surface area contributed by atoms with Crippen LogP contribution < -0.4 is 0 Å². The van der Waals surface area contributed by atoms with Crippen LogP contribution in [0.5, 0.6) is 0 Å². The SMILES string of the molecule is c1cc(CN2CCC3(CC2)CN(Cc2nccs2)CCO3)ccn1. The summed E-state index contributed by atoms with van der Waals surface area (Å²) in [7, 11) is 0. The maximum absolute atomic E-state index is 6.26. The Bertz CT molecular complexity index is 626. The molecule has 6 heteroatoms. The van der Waals surface area contributed by atoms with E-state index < -0.39 is 0 Å². The Hall–Kier alpha value is -1.34. The molecule has 2 aromatic heterocycles. The van der Waals surface area contributed by atoms with Crippen molar-refractivity contribution in [2.24, 2.45) is 0 Å². The summed E-state index contributed by atoms with van der Waals surface area (Å²) in [4.78, 5) is 13.6. The van der Waals surface area contributed by atoms with Crippen LogP contribution >= 0.6 is 11.3 Å². The Balaban J connectivity index is 1.32. The molecule has 0 unspecified atom stereocenters. The molecule has 0 saturated carbocycles. The summed E-state index contributed by atoms with van der Waals surface area (Å²) in [5.41, 5.74) is 1.39. The Morgan fingerprint density at radius 2 is 1.88 bits per heavy atom. The first-order valence-electron chi connectivity index (χ1n) is 8.67. The molecule has 2 fully saturated rings. The van der Waals surface area contributed by atoms with Gasteiger partial charge >= 0.3 is 0 Å². The molecular formula is C18H24N4OS. The van der Waals surface area contributed by atoms with Gasteiger partial charge in [0.05, 0.1) is 18.8 Å². The van der Waals surface area contributed by atoms with Crippen molar-refractivity contribution in [1.29, 1.82) is 0 Å². The van der Waals surface area contributed by atoms with E-state index in [9.17, 15) is 0 Å². The molecule has 2 saturated heterocycles. The number of ether oxygens (including phenoxy) is 1. The second kappa shape index (κ2) is 7.27. The lowest BCUT2D eigenvalue weighted by atomic mass is 9.89. The minimum atomic E-state index is 0.0459. The van der Waals surface area contributed by atoms with E-state index in [0.29, 0.717) is 0 Å². The highest BCUT2D eigenvalue weighted by Crippen LogP contribution is 2.31. The van der Waals surface area contributed by atoms with Crippen LogP contribution in [-0.2, 0) is 17.8 Å². The third-order valence-electron chi connectivity index (χ3n) is 5.09. The van der Waals surface area contributed by atoms with Crippen LogP contribution in [0.4, 0.5) is 0 Å². The summed E-state index contributed by atoms with van der Waals surface area (Å²) in [6.45, 7) is 7.08. The summed E-state index contributed by atoms with van der Waals surface area (Å²) >= 11 is 1.75. The first-order chi connectivity index (χ1) is 11.8. The molecule has 4 heterocycles. The minimum absolute atomic E-state index is 0.0459. The molecule has 0 amide bonds. The lowest BCUT2D eigenvalue weighted by Gasteiger charge is -2.47. The van der Waals surface area contributed by atoms with Crippen LogP contribution in [0.2, 0.25) is 0 Å². The van der Waals surface area contributed by atoms with E-state index in [-0.39, 0.29) is 5.60 Å². The molecule has 2 aromatic rings. The van der Waals surface area contributed by atoms with Crippen molar-refractivity contribution in [3.63, 3.8) is 0 Å². The number of pyridine rings is 1. The van der Waals surface area contributed by atoms with Crippen molar-refractivity contribution in [3.8, 4) is 0 Å². The van der Waals surface area contributed by atoms with Gasteiger partial charge in [0.1, 0.15) is 5.01 Å². The Morgan fingerprint density at radius 3 is 2.62 bits per heavy atom. The molecule has 4 rings (SSSR count). The van der Waals surface area contributed by atoms with Crippen LogP contribution in [0, 0.1) is 0 Å². The maximum Gasteiger partial charge on any atom is 0.107 e. The fourth-order valence-corrected chi connectivity index (χ4v) is 4.41. The number of rotatable bonds is 4. The quantitative estimate of drug-likeness (QED) is 0.852. The third-order valence-corrected chi connectivity index (χ3v) is 5.86. The predicted molar refractivity (Wildman–Crippen MR) is 94.8 cm³/mol. The number of thiazole rings is 1. The maximum atomic E-state index is 6.26. The van der Waals surface area contributed by atoms with Gasteiger partial charge in [0.25, 0.3) is 0 Å². The average Bonchev–Trinajstić information content (AvgIpc) is 3.11. The fourth-order valence-electron chi connectivity index (χ4n) is 3.75. The lowest BCUT2D eigenvalue weighted by Crippen LogP contribution is -2.56. The van der Waals surface area contributed by atoms with Gasteiger partial charge in [0, 0.05) is 56.7 Å². The third kappa shape index (κ3) is 3.83. The van der Waals surface area contributed by atoms with Gasteiger partial charge in [-0.3, -0.25) is 14.8 Å². The molecule has 24 heavy (non-hydrogen) atoms. The molecule has 0 bridgehead atoms. The van der Waals surface area contributed by atoms with E-state index in [1.165, 1.54) is 10.6 Å². The van der Waals surface area contributed by atoms with Gasteiger partial charge in [0.2, 0.25) is 0 Å². The first-order valence-corrected chi connectivity index (χ1v) is 9.55. The van der Waals surface area contributed by atoms with Gasteiger partial charge in [0.15, 0.2) is 0 Å². The van der Waals surface area contributed by atoms with Crippen molar-refractivity contribution in [3.05, 3.63) is 46.7 Å². The Labute approximate surface area is 147 Å². The van der Waals surface area contributed by atoms with Crippen LogP contribution in [0.25, 0.3) is 0 Å². The van der Waals surface area contributed by atoms with Crippen LogP contribution in [-0.4, -0.2) is 58.2 Å². The predicted octanol–water partition coefficient (Wildman–Crippen LogP) is 2.41. The molecule has 0 radical (unpaired) electrons. The molecule has 128 valence electrons. The summed E-state index contributed by atoms with van der Waals surface area (Å²) in [6, 6.07) is 4.22. The lowest BCUT2D eigenvalue weighted by molar-refractivity contribution is -0.138. The van der Waals surface area contributed by atoms with Gasteiger partial charge in [-0.25, -0.2) is 4.98 Å². The molecule has 1 spiro atoms. The first kappa shape index (κ1) is 16.1. The topological polar surface area (TPSA) is 41.5 Å². The summed E-state index contributed by atoms with van der Waals surface area (Å²) in [6.07, 6.45) is 7.88. The summed E-state index contributed by atoms with van der Waals surface area (Å²) in [5.74, 6) is 0. The highest BCUT2D eigenvalue weighted by atomic mass is 32.1. The van der Waals surface area contributed by atoms with Gasteiger partial charge in [-0.1, -0.05) is 0 Å². The molecule has 2 aliphatic heterocycles. The molecular weight excluding hydrogens is 320 g/mol. The molecule has 5 nitrogen and oxygen atoms in total. The molecule has 0 aliphatic carbocycles. The van der Waals surface area contributed by atoms with Gasteiger partial charge in [-0.2, -0.15) is 0 Å². The van der Waals surface area contributed by atoms with Crippen LogP contribution in [0.3, 0.4) is 0 Å². The van der Waals surface area contributed by atoms with Crippen molar-refractivity contribution in [2.75, 3.05) is 32.8 Å². The van der Waals surface area contributed by atoms with E-state index in [2.05, 4.69) is 37.3 Å². The molecule has 0 N–H and O–H groups in total. The number of aromatic nitrogens is 2. The standard InChI is InChI=1S/C18H24N4OS/c1-5-19-6-2-16(1)13-21-8-3-18(4-9-21)15-22(10-11-23-18)14-17-20-7-12-24-17/h1-2,5-7,12H,3-4,8-11,13-15H2. The zero-order valence-corrected chi connectivity index (χ0v) is 14.7. The average molecular weight is 344 g/mol. The van der Waals surface area contributed by atoms with E-state index in [4.69, 9.17) is 4.74 Å². The smallest absolute Gasteiger partial charge is 0.107 e. The number of likely N-dealkylation sites (tertiary alicyclic amines) is 1. The summed E-state index contributed by atoms with van der Waals surface area (Å²) < 4.78 is 6.26. The largest absolute Gasteiger partial charge is 0.372 e. The second-order valence-electron chi connectivity index (χ2n) is 6.80. The van der Waals surface area contributed by atoms with Crippen molar-refractivity contribution in [1.82, 2.24) is 19.8 Å². The number of morpholine rings is 1. The zero-order chi connectivity index (χ0) is 16.2. The van der Waals surface area contributed by atoms with Crippen molar-refractivity contribution >= 4 is 11.3 Å². The Morgan fingerprint density at radius 1 is 1.04 bits per heavy atom. The van der Waals surface area contributed by atoms with Crippen LogP contribution in [0.1, 0.15) is 23.4 Å². The molecule has 2 aliphatic rings. The number of hydrogen-bond donors (Lipinski definition) is 0. The number of nitrogens with zero attached hydrogens (tertiary/aromatic N) is 4. The van der Waals surface area contributed by atoms with E-state index in [1.54, 1.807) is 11.3 Å². The second-order valence-corrected chi connectivity index (χ2v) is 7.78. The molecule has 0 aromatic carbocycles. The van der Waals surface area contributed by atoms with Crippen molar-refractivity contribution in [2.45, 2.75) is 31.5 Å². The van der Waals surface area contributed by atoms with Crippen molar-refractivity contribution < 1.29 is 4.74 Å². The van der Waals surface area contributed by atoms with Gasteiger partial charge < -0.3 is 4.74 Å². The minimum Gasteiger partial charge on any atom is -0.372 e. The number of piperidine rings is 1. The zero-order valence-electron chi connectivity index (χ0n) is 13.9. The normalized spacial score (nSPS) is 22.0. The highest BCUT2D eigenvalue weighted by Gasteiger charge is 2.39. The summed E-state index contributed by atoms with van der Waals surface area (Å²) in [5, 5.41) is 3.27. The molecule has 0 atom stereocenters. The van der Waals surface area contributed by atoms with E-state index in [0.717, 1.165) is 58.7 Å². The highest BCUT2D eigenvalue weighted by molar-refractivity contribution is 7.09. The van der Waals surface area contributed by atoms with E-state index in [1.807, 2.05) is 18.6 Å². The van der Waals surface area contributed by atoms with Gasteiger partial charge in [-0.05, 0) is 30.5 Å².